The first kappa shape index (κ1) is 14.4. The van der Waals surface area contributed by atoms with E-state index in [0.717, 1.165) is 16.9 Å². The molecule has 2 rings (SSSR count). The summed E-state index contributed by atoms with van der Waals surface area (Å²) in [5, 5.41) is 0.458. The van der Waals surface area contributed by atoms with Gasteiger partial charge in [0.25, 0.3) is 0 Å². The van der Waals surface area contributed by atoms with E-state index in [4.69, 9.17) is 27.8 Å². The number of carbonyl (C=O) groups is 1. The van der Waals surface area contributed by atoms with Gasteiger partial charge in [-0.05, 0) is 29.8 Å². The van der Waals surface area contributed by atoms with Gasteiger partial charge in [-0.25, -0.2) is 0 Å². The molecule has 20 heavy (non-hydrogen) atoms. The van der Waals surface area contributed by atoms with E-state index in [-0.39, 0.29) is 0 Å². The normalized spacial score (nSPS) is 10.3. The fourth-order valence-electron chi connectivity index (χ4n) is 1.70. The molecule has 0 saturated heterocycles. The number of ether oxygens (including phenoxy) is 1. The van der Waals surface area contributed by atoms with Crippen molar-refractivity contribution < 1.29 is 9.53 Å². The molecule has 0 saturated carbocycles. The lowest BCUT2D eigenvalue weighted by Crippen LogP contribution is -2.11. The van der Waals surface area contributed by atoms with Crippen LogP contribution >= 0.6 is 11.6 Å². The molecule has 0 spiro atoms. The molecule has 4 nitrogen and oxygen atoms in total. The summed E-state index contributed by atoms with van der Waals surface area (Å²) in [6.45, 7) is 0.820. The van der Waals surface area contributed by atoms with E-state index in [2.05, 4.69) is 0 Å². The van der Waals surface area contributed by atoms with Crippen LogP contribution in [0.2, 0.25) is 5.02 Å². The predicted molar refractivity (Wildman–Crippen MR) is 78.6 cm³/mol. The Morgan fingerprint density at radius 3 is 2.40 bits per heavy atom. The summed E-state index contributed by atoms with van der Waals surface area (Å²) in [6.07, 6.45) is 0. The molecule has 2 aromatic rings. The minimum absolute atomic E-state index is 0.319. The van der Waals surface area contributed by atoms with Gasteiger partial charge in [0, 0.05) is 22.7 Å². The molecule has 0 aliphatic heterocycles. The molecule has 0 unspecified atom stereocenters. The summed E-state index contributed by atoms with van der Waals surface area (Å²) in [5.74, 6) is 0.231. The third-order valence-corrected chi connectivity index (χ3v) is 3.24. The molecule has 0 radical (unpaired) electrons. The Balaban J connectivity index is 2.04. The van der Waals surface area contributed by atoms with Crippen molar-refractivity contribution in [3.8, 4) is 5.75 Å². The van der Waals surface area contributed by atoms with E-state index in [0.29, 0.717) is 23.7 Å². The van der Waals surface area contributed by atoms with Gasteiger partial charge < -0.3 is 16.2 Å². The Hall–Kier alpha value is -2.04. The highest BCUT2D eigenvalue weighted by molar-refractivity contribution is 6.31. The first-order valence-corrected chi connectivity index (χ1v) is 6.48. The smallest absolute Gasteiger partial charge is 0.248 e. The summed E-state index contributed by atoms with van der Waals surface area (Å²) in [4.78, 5) is 11.0. The number of benzene rings is 2. The molecule has 1 amide bonds. The highest BCUT2D eigenvalue weighted by Crippen LogP contribution is 2.20. The van der Waals surface area contributed by atoms with Crippen molar-refractivity contribution in [3.05, 3.63) is 64.2 Å². The number of halogens is 1. The third-order valence-electron chi connectivity index (χ3n) is 2.89. The summed E-state index contributed by atoms with van der Waals surface area (Å²) in [5.41, 5.74) is 12.9. The SMILES string of the molecule is NCc1ccc(OCc2ccc(C(N)=O)cc2Cl)cc1. The second-order valence-electron chi connectivity index (χ2n) is 4.31. The Bertz CT molecular complexity index is 612. The van der Waals surface area contributed by atoms with E-state index in [1.165, 1.54) is 0 Å². The van der Waals surface area contributed by atoms with Crippen LogP contribution in [0.1, 0.15) is 21.5 Å². The van der Waals surface area contributed by atoms with Gasteiger partial charge >= 0.3 is 0 Å². The Morgan fingerprint density at radius 2 is 1.85 bits per heavy atom. The van der Waals surface area contributed by atoms with Gasteiger partial charge in [0.1, 0.15) is 12.4 Å². The number of nitrogens with two attached hydrogens (primary N) is 2. The van der Waals surface area contributed by atoms with E-state index >= 15 is 0 Å². The molecule has 0 aliphatic carbocycles. The van der Waals surface area contributed by atoms with Crippen LogP contribution in [-0.2, 0) is 13.2 Å². The monoisotopic (exact) mass is 290 g/mol. The van der Waals surface area contributed by atoms with E-state index in [1.54, 1.807) is 18.2 Å². The van der Waals surface area contributed by atoms with Gasteiger partial charge in [0.05, 0.1) is 0 Å². The molecule has 0 atom stereocenters. The second kappa shape index (κ2) is 6.41. The van der Waals surface area contributed by atoms with E-state index in [1.807, 2.05) is 24.3 Å². The Labute approximate surface area is 122 Å². The van der Waals surface area contributed by atoms with E-state index < -0.39 is 5.91 Å². The second-order valence-corrected chi connectivity index (χ2v) is 4.71. The Morgan fingerprint density at radius 1 is 1.15 bits per heavy atom. The van der Waals surface area contributed by atoms with Gasteiger partial charge in [-0.1, -0.05) is 29.8 Å². The quantitative estimate of drug-likeness (QED) is 0.888. The van der Waals surface area contributed by atoms with Gasteiger partial charge in [-0.2, -0.15) is 0 Å². The molecule has 0 fully saturated rings. The van der Waals surface area contributed by atoms with Gasteiger partial charge in [-0.15, -0.1) is 0 Å². The molecule has 5 heteroatoms. The predicted octanol–water partition coefficient (Wildman–Crippen LogP) is 2.48. The molecule has 0 aliphatic rings. The lowest BCUT2D eigenvalue weighted by Gasteiger charge is -2.09. The van der Waals surface area contributed by atoms with Crippen LogP contribution in [0.15, 0.2) is 42.5 Å². The number of primary amides is 1. The molecule has 0 heterocycles. The van der Waals surface area contributed by atoms with Crippen LogP contribution < -0.4 is 16.2 Å². The molecular formula is C15H15ClN2O2. The van der Waals surface area contributed by atoms with Crippen molar-refractivity contribution in [2.75, 3.05) is 0 Å². The largest absolute Gasteiger partial charge is 0.489 e. The van der Waals surface area contributed by atoms with Gasteiger partial charge in [-0.3, -0.25) is 4.79 Å². The fourth-order valence-corrected chi connectivity index (χ4v) is 1.94. The maximum atomic E-state index is 11.0. The van der Waals surface area contributed by atoms with Gasteiger partial charge in [0.2, 0.25) is 5.91 Å². The minimum atomic E-state index is -0.503. The van der Waals surface area contributed by atoms with Crippen LogP contribution in [0.3, 0.4) is 0 Å². The highest BCUT2D eigenvalue weighted by Gasteiger charge is 2.06. The Kier molecular flexibility index (Phi) is 4.61. The number of hydrogen-bond acceptors (Lipinski definition) is 3. The summed E-state index contributed by atoms with van der Waals surface area (Å²) >= 11 is 6.08. The lowest BCUT2D eigenvalue weighted by atomic mass is 10.1. The molecule has 0 bridgehead atoms. The third kappa shape index (κ3) is 3.50. The topological polar surface area (TPSA) is 78.3 Å². The zero-order chi connectivity index (χ0) is 14.5. The summed E-state index contributed by atoms with van der Waals surface area (Å²) < 4.78 is 5.63. The standard InChI is InChI=1S/C15H15ClN2O2/c16-14-7-11(15(18)19)3-4-12(14)9-20-13-5-1-10(8-17)2-6-13/h1-7H,8-9,17H2,(H2,18,19). The van der Waals surface area contributed by atoms with Crippen molar-refractivity contribution in [2.45, 2.75) is 13.2 Å². The lowest BCUT2D eigenvalue weighted by molar-refractivity contribution is 0.1000. The average molecular weight is 291 g/mol. The number of amides is 1. The molecular weight excluding hydrogens is 276 g/mol. The van der Waals surface area contributed by atoms with Crippen molar-refractivity contribution in [3.63, 3.8) is 0 Å². The molecule has 4 N–H and O–H groups in total. The molecule has 2 aromatic carbocycles. The van der Waals surface area contributed by atoms with Crippen molar-refractivity contribution in [1.82, 2.24) is 0 Å². The highest BCUT2D eigenvalue weighted by atomic mass is 35.5. The summed E-state index contributed by atoms with van der Waals surface area (Å²) in [6, 6.07) is 12.4. The fraction of sp³-hybridized carbons (Fsp3) is 0.133. The molecule has 104 valence electrons. The maximum Gasteiger partial charge on any atom is 0.248 e. The first-order chi connectivity index (χ1) is 9.60. The number of carbonyl (C=O) groups excluding carboxylic acids is 1. The maximum absolute atomic E-state index is 11.0. The van der Waals surface area contributed by atoms with Crippen LogP contribution in [-0.4, -0.2) is 5.91 Å². The zero-order valence-corrected chi connectivity index (χ0v) is 11.6. The first-order valence-electron chi connectivity index (χ1n) is 6.10. The summed E-state index contributed by atoms with van der Waals surface area (Å²) in [7, 11) is 0. The van der Waals surface area contributed by atoms with Crippen molar-refractivity contribution in [2.24, 2.45) is 11.5 Å². The average Bonchev–Trinajstić information content (AvgIpc) is 2.46. The van der Waals surface area contributed by atoms with Gasteiger partial charge in [0.15, 0.2) is 0 Å². The number of rotatable bonds is 5. The van der Waals surface area contributed by atoms with Crippen molar-refractivity contribution >= 4 is 17.5 Å². The van der Waals surface area contributed by atoms with Crippen LogP contribution in [0.25, 0.3) is 0 Å². The number of hydrogen-bond donors (Lipinski definition) is 2. The van der Waals surface area contributed by atoms with Crippen molar-refractivity contribution in [1.29, 1.82) is 0 Å². The van der Waals surface area contributed by atoms with Crippen LogP contribution in [0.4, 0.5) is 0 Å². The zero-order valence-electron chi connectivity index (χ0n) is 10.8. The van der Waals surface area contributed by atoms with E-state index in [9.17, 15) is 4.79 Å². The minimum Gasteiger partial charge on any atom is -0.489 e. The van der Waals surface area contributed by atoms with Crippen LogP contribution in [0.5, 0.6) is 5.75 Å². The molecule has 0 aromatic heterocycles. The van der Waals surface area contributed by atoms with Crippen LogP contribution in [0, 0.1) is 0 Å².